The highest BCUT2D eigenvalue weighted by molar-refractivity contribution is 5.02. The molecule has 0 aromatic rings. The highest BCUT2D eigenvalue weighted by atomic mass is 14.4. The van der Waals surface area contributed by atoms with Crippen LogP contribution in [0.3, 0.4) is 0 Å². The van der Waals surface area contributed by atoms with E-state index >= 15 is 0 Å². The Morgan fingerprint density at radius 2 is 2.17 bits per heavy atom. The van der Waals surface area contributed by atoms with E-state index in [0.717, 1.165) is 0 Å². The van der Waals surface area contributed by atoms with Gasteiger partial charge in [-0.25, -0.2) is 0 Å². The topological polar surface area (TPSA) is 0 Å². The summed E-state index contributed by atoms with van der Waals surface area (Å²) in [5, 5.41) is 0. The van der Waals surface area contributed by atoms with Crippen LogP contribution in [0, 0.1) is 5.41 Å². The molecule has 0 heterocycles. The van der Waals surface area contributed by atoms with Crippen molar-refractivity contribution >= 4 is 0 Å². The van der Waals surface area contributed by atoms with Crippen LogP contribution in [0.5, 0.6) is 0 Å². The maximum atomic E-state index is 3.69. The van der Waals surface area contributed by atoms with Gasteiger partial charge in [-0.3, -0.25) is 0 Å². The maximum Gasteiger partial charge on any atom is -0.0149 e. The van der Waals surface area contributed by atoms with E-state index < -0.39 is 0 Å². The Labute approximate surface area is 38.9 Å². The molecule has 0 bridgehead atoms. The second-order valence-corrected chi connectivity index (χ2v) is 2.36. The molecule has 0 aliphatic heterocycles. The van der Waals surface area contributed by atoms with Crippen LogP contribution in [0.2, 0.25) is 0 Å². The third kappa shape index (κ3) is 0.469. The van der Waals surface area contributed by atoms with Gasteiger partial charge in [0, 0.05) is 0 Å². The Kier molecular flexibility index (Phi) is 0.566. The van der Waals surface area contributed by atoms with Gasteiger partial charge in [-0.05, 0) is 18.3 Å². The predicted octanol–water partition coefficient (Wildman–Crippen LogP) is 1.97. The van der Waals surface area contributed by atoms with Gasteiger partial charge in [-0.2, -0.15) is 0 Å². The molecular weight excluding hydrogens is 72.1 g/mol. The molecule has 6 heavy (non-hydrogen) atoms. The van der Waals surface area contributed by atoms with E-state index in [1.807, 2.05) is 6.08 Å². The summed E-state index contributed by atoms with van der Waals surface area (Å²) < 4.78 is 0. The summed E-state index contributed by atoms with van der Waals surface area (Å²) in [5.41, 5.74) is 0.556. The van der Waals surface area contributed by atoms with Gasteiger partial charge in [0.05, 0.1) is 0 Å². The van der Waals surface area contributed by atoms with E-state index in [4.69, 9.17) is 0 Å². The molecule has 0 aromatic carbocycles. The van der Waals surface area contributed by atoms with Crippen molar-refractivity contribution in [2.24, 2.45) is 5.41 Å². The fourth-order valence-corrected chi connectivity index (χ4v) is 0.401. The number of hydrogen-bond acceptors (Lipinski definition) is 0. The smallest absolute Gasteiger partial charge is 0.0149 e. The van der Waals surface area contributed by atoms with Gasteiger partial charge < -0.3 is 0 Å². The first-order valence-corrected chi connectivity index (χ1v) is 2.40. The van der Waals surface area contributed by atoms with Crippen LogP contribution >= 0.6 is 0 Å². The summed E-state index contributed by atoms with van der Waals surface area (Å²) in [6.07, 6.45) is 4.76. The maximum absolute atomic E-state index is 3.69. The molecule has 0 radical (unpaired) electrons. The summed E-state index contributed by atoms with van der Waals surface area (Å²) in [4.78, 5) is 0. The Bertz CT molecular complexity index is 68.1. The van der Waals surface area contributed by atoms with E-state index in [1.165, 1.54) is 12.8 Å². The normalized spacial score (nSPS) is 26.2. The van der Waals surface area contributed by atoms with Crippen LogP contribution in [0.25, 0.3) is 0 Å². The minimum absolute atomic E-state index is 0.556. The van der Waals surface area contributed by atoms with Gasteiger partial charge in [0.15, 0.2) is 0 Å². The van der Waals surface area contributed by atoms with Crippen molar-refractivity contribution < 1.29 is 0 Å². The van der Waals surface area contributed by atoms with Crippen molar-refractivity contribution in [2.45, 2.75) is 19.8 Å². The second kappa shape index (κ2) is 0.868. The van der Waals surface area contributed by atoms with E-state index in [-0.39, 0.29) is 0 Å². The molecule has 0 atom stereocenters. The molecule has 0 unspecified atom stereocenters. The van der Waals surface area contributed by atoms with Crippen molar-refractivity contribution in [3.05, 3.63) is 12.7 Å². The minimum atomic E-state index is 0.556. The number of rotatable bonds is 1. The number of hydrogen-bond donors (Lipinski definition) is 0. The van der Waals surface area contributed by atoms with Crippen LogP contribution in [0.4, 0.5) is 0 Å². The molecule has 1 saturated carbocycles. The summed E-state index contributed by atoms with van der Waals surface area (Å²) in [5.74, 6) is 0. The first-order valence-electron chi connectivity index (χ1n) is 2.40. The quantitative estimate of drug-likeness (QED) is 0.424. The summed E-state index contributed by atoms with van der Waals surface area (Å²) in [6.45, 7) is 5.93. The zero-order valence-corrected chi connectivity index (χ0v) is 4.20. The lowest BCUT2D eigenvalue weighted by Crippen LogP contribution is -1.79. The molecule has 0 heteroatoms. The van der Waals surface area contributed by atoms with Gasteiger partial charge in [0.25, 0.3) is 0 Å². The van der Waals surface area contributed by atoms with E-state index in [0.29, 0.717) is 5.41 Å². The first-order chi connectivity index (χ1) is 2.77. The Morgan fingerprint density at radius 3 is 2.17 bits per heavy atom. The lowest BCUT2D eigenvalue weighted by atomic mass is 10.1. The first kappa shape index (κ1) is 3.91. The van der Waals surface area contributed by atoms with Crippen LogP contribution < -0.4 is 0 Å². The Hall–Kier alpha value is -0.260. The van der Waals surface area contributed by atoms with Crippen LogP contribution in [-0.4, -0.2) is 0 Å². The largest absolute Gasteiger partial charge is 0.103 e. The molecular formula is C6H10. The van der Waals surface area contributed by atoms with Gasteiger partial charge in [0.2, 0.25) is 0 Å². The molecule has 0 spiro atoms. The molecule has 1 fully saturated rings. The highest BCUT2D eigenvalue weighted by Gasteiger charge is 2.32. The Morgan fingerprint density at radius 1 is 1.67 bits per heavy atom. The predicted molar refractivity (Wildman–Crippen MR) is 27.5 cm³/mol. The summed E-state index contributed by atoms with van der Waals surface area (Å²) >= 11 is 0. The highest BCUT2D eigenvalue weighted by Crippen LogP contribution is 2.45. The third-order valence-corrected chi connectivity index (χ3v) is 1.53. The molecule has 1 rings (SSSR count). The van der Waals surface area contributed by atoms with E-state index in [9.17, 15) is 0 Å². The molecule has 0 nitrogen and oxygen atoms in total. The average Bonchev–Trinajstić information content (AvgIpc) is 2.22. The fraction of sp³-hybridized carbons (Fsp3) is 0.667. The Balaban J connectivity index is 2.47. The second-order valence-electron chi connectivity index (χ2n) is 2.36. The number of allylic oxidation sites excluding steroid dienone is 1. The van der Waals surface area contributed by atoms with Crippen molar-refractivity contribution in [3.8, 4) is 0 Å². The summed E-state index contributed by atoms with van der Waals surface area (Å²) in [6, 6.07) is 0. The van der Waals surface area contributed by atoms with Gasteiger partial charge in [-0.15, -0.1) is 6.58 Å². The monoisotopic (exact) mass is 82.1 g/mol. The molecule has 34 valence electrons. The minimum Gasteiger partial charge on any atom is -0.103 e. The van der Waals surface area contributed by atoms with E-state index in [2.05, 4.69) is 13.5 Å². The molecule has 1 aliphatic carbocycles. The molecule has 1 aliphatic rings. The average molecular weight is 82.1 g/mol. The summed E-state index contributed by atoms with van der Waals surface area (Å²) in [7, 11) is 0. The van der Waals surface area contributed by atoms with E-state index in [1.54, 1.807) is 0 Å². The third-order valence-electron chi connectivity index (χ3n) is 1.53. The standard InChI is InChI=1S/C6H10/c1-3-6(2)4-5-6/h3H,1,4-5H2,2H3. The zero-order chi connectivity index (χ0) is 4.62. The van der Waals surface area contributed by atoms with Gasteiger partial charge in [-0.1, -0.05) is 13.0 Å². The zero-order valence-electron chi connectivity index (χ0n) is 4.20. The van der Waals surface area contributed by atoms with Crippen LogP contribution in [-0.2, 0) is 0 Å². The van der Waals surface area contributed by atoms with Gasteiger partial charge >= 0.3 is 0 Å². The van der Waals surface area contributed by atoms with Crippen LogP contribution in [0.1, 0.15) is 19.8 Å². The van der Waals surface area contributed by atoms with Gasteiger partial charge in [0.1, 0.15) is 0 Å². The van der Waals surface area contributed by atoms with Crippen molar-refractivity contribution in [2.75, 3.05) is 0 Å². The lowest BCUT2D eigenvalue weighted by Gasteiger charge is -1.90. The molecule has 0 saturated heterocycles. The molecule has 0 amide bonds. The fourth-order valence-electron chi connectivity index (χ4n) is 0.401. The van der Waals surface area contributed by atoms with Crippen molar-refractivity contribution in [1.29, 1.82) is 0 Å². The van der Waals surface area contributed by atoms with Crippen molar-refractivity contribution in [3.63, 3.8) is 0 Å². The molecule has 0 aromatic heterocycles. The molecule has 0 N–H and O–H groups in total. The SMILES string of the molecule is C=CC1(C)CC1. The van der Waals surface area contributed by atoms with Crippen molar-refractivity contribution in [1.82, 2.24) is 0 Å². The van der Waals surface area contributed by atoms with Crippen LogP contribution in [0.15, 0.2) is 12.7 Å². The lowest BCUT2D eigenvalue weighted by molar-refractivity contribution is 0.750.